The van der Waals surface area contributed by atoms with Crippen molar-refractivity contribution in [2.75, 3.05) is 26.7 Å². The second kappa shape index (κ2) is 5.27. The fourth-order valence-corrected chi connectivity index (χ4v) is 2.37. The number of hydrogen-bond donors (Lipinski definition) is 3. The van der Waals surface area contributed by atoms with E-state index in [4.69, 9.17) is 0 Å². The zero-order valence-electron chi connectivity index (χ0n) is 10.4. The quantitative estimate of drug-likeness (QED) is 0.741. The van der Waals surface area contributed by atoms with Crippen LogP contribution >= 0.6 is 0 Å². The largest absolute Gasteiger partial charge is 0.508 e. The maximum absolute atomic E-state index is 12.2. The molecule has 5 nitrogen and oxygen atoms in total. The molecule has 1 unspecified atom stereocenters. The minimum absolute atomic E-state index is 0.0932. The molecule has 0 aliphatic carbocycles. The number of benzene rings is 1. The monoisotopic (exact) mass is 250 g/mol. The van der Waals surface area contributed by atoms with E-state index in [-0.39, 0.29) is 17.4 Å². The average Bonchev–Trinajstić information content (AvgIpc) is 2.76. The van der Waals surface area contributed by atoms with Crippen LogP contribution in [0.1, 0.15) is 16.8 Å². The molecule has 1 amide bonds. The topological polar surface area (TPSA) is 72.8 Å². The number of aromatic hydroxyl groups is 2. The summed E-state index contributed by atoms with van der Waals surface area (Å²) in [4.78, 5) is 13.9. The zero-order valence-corrected chi connectivity index (χ0v) is 10.4. The number of amides is 1. The highest BCUT2D eigenvalue weighted by atomic mass is 16.3. The molecule has 18 heavy (non-hydrogen) atoms. The molecule has 1 aliphatic rings. The number of carbonyl (C=O) groups is 1. The van der Waals surface area contributed by atoms with E-state index >= 15 is 0 Å². The fourth-order valence-electron chi connectivity index (χ4n) is 2.37. The number of phenols is 2. The molecule has 98 valence electrons. The minimum Gasteiger partial charge on any atom is -0.508 e. The van der Waals surface area contributed by atoms with Crippen molar-refractivity contribution in [1.29, 1.82) is 0 Å². The number of phenolic OH excluding ortho intramolecular Hbond substituents is 2. The van der Waals surface area contributed by atoms with Crippen LogP contribution in [0.15, 0.2) is 18.2 Å². The first-order valence-corrected chi connectivity index (χ1v) is 6.07. The molecule has 1 aromatic rings. The first-order valence-electron chi connectivity index (χ1n) is 6.07. The van der Waals surface area contributed by atoms with Crippen LogP contribution in [0.5, 0.6) is 11.5 Å². The Kier molecular flexibility index (Phi) is 3.72. The Hall–Kier alpha value is -1.75. The van der Waals surface area contributed by atoms with E-state index in [9.17, 15) is 15.0 Å². The Bertz CT molecular complexity index is 428. The minimum atomic E-state index is -0.139. The molecule has 1 aliphatic heterocycles. The molecule has 1 heterocycles. The predicted molar refractivity (Wildman–Crippen MR) is 67.7 cm³/mol. The van der Waals surface area contributed by atoms with Gasteiger partial charge in [0.05, 0.1) is 0 Å². The molecule has 0 saturated carbocycles. The van der Waals surface area contributed by atoms with Gasteiger partial charge < -0.3 is 20.4 Å². The first kappa shape index (κ1) is 12.7. The van der Waals surface area contributed by atoms with Gasteiger partial charge in [-0.2, -0.15) is 0 Å². The number of likely N-dealkylation sites (tertiary alicyclic amines) is 1. The molecule has 1 saturated heterocycles. The summed E-state index contributed by atoms with van der Waals surface area (Å²) in [5.41, 5.74) is 0.331. The lowest BCUT2D eigenvalue weighted by molar-refractivity contribution is 0.0786. The van der Waals surface area contributed by atoms with Gasteiger partial charge in [0, 0.05) is 24.7 Å². The normalized spacial score (nSPS) is 19.2. The van der Waals surface area contributed by atoms with Crippen molar-refractivity contribution in [2.24, 2.45) is 5.92 Å². The predicted octanol–water partition coefficient (Wildman–Crippen LogP) is 0.779. The number of rotatable bonds is 3. The molecule has 2 rings (SSSR count). The molecule has 5 heteroatoms. The summed E-state index contributed by atoms with van der Waals surface area (Å²) < 4.78 is 0. The standard InChI is InChI=1S/C13H18N2O3/c1-14-7-9-2-3-15(8-9)13(18)10-4-11(16)6-12(17)5-10/h4-6,9,14,16-17H,2-3,7-8H2,1H3. The Labute approximate surface area is 106 Å². The number of hydrogen-bond acceptors (Lipinski definition) is 4. The summed E-state index contributed by atoms with van der Waals surface area (Å²) in [6.45, 7) is 2.34. The number of carbonyl (C=O) groups excluding carboxylic acids is 1. The van der Waals surface area contributed by atoms with Crippen LogP contribution in [0.3, 0.4) is 0 Å². The van der Waals surface area contributed by atoms with Crippen LogP contribution in [0.25, 0.3) is 0 Å². The van der Waals surface area contributed by atoms with Gasteiger partial charge in [-0.1, -0.05) is 0 Å². The van der Waals surface area contributed by atoms with Gasteiger partial charge in [0.2, 0.25) is 0 Å². The van der Waals surface area contributed by atoms with Crippen molar-refractivity contribution in [3.63, 3.8) is 0 Å². The highest BCUT2D eigenvalue weighted by molar-refractivity contribution is 5.95. The van der Waals surface area contributed by atoms with Crippen LogP contribution in [-0.2, 0) is 0 Å². The molecule has 0 bridgehead atoms. The zero-order chi connectivity index (χ0) is 13.1. The van der Waals surface area contributed by atoms with Gasteiger partial charge in [0.25, 0.3) is 5.91 Å². The molecular formula is C13H18N2O3. The Balaban J connectivity index is 2.08. The van der Waals surface area contributed by atoms with Gasteiger partial charge in [-0.05, 0) is 38.1 Å². The van der Waals surface area contributed by atoms with Crippen molar-refractivity contribution in [1.82, 2.24) is 10.2 Å². The van der Waals surface area contributed by atoms with Gasteiger partial charge in [-0.25, -0.2) is 0 Å². The summed E-state index contributed by atoms with van der Waals surface area (Å²) in [6, 6.07) is 3.98. The Morgan fingerprint density at radius 3 is 2.67 bits per heavy atom. The highest BCUT2D eigenvalue weighted by Gasteiger charge is 2.26. The molecule has 3 N–H and O–H groups in total. The average molecular weight is 250 g/mol. The van der Waals surface area contributed by atoms with Crippen molar-refractivity contribution in [3.05, 3.63) is 23.8 Å². The SMILES string of the molecule is CNCC1CCN(C(=O)c2cc(O)cc(O)c2)C1. The Morgan fingerprint density at radius 1 is 1.39 bits per heavy atom. The highest BCUT2D eigenvalue weighted by Crippen LogP contribution is 2.24. The lowest BCUT2D eigenvalue weighted by Crippen LogP contribution is -2.30. The summed E-state index contributed by atoms with van der Waals surface area (Å²) in [5, 5.41) is 21.9. The molecule has 0 radical (unpaired) electrons. The summed E-state index contributed by atoms with van der Waals surface area (Å²) in [7, 11) is 1.90. The summed E-state index contributed by atoms with van der Waals surface area (Å²) >= 11 is 0. The molecule has 1 atom stereocenters. The smallest absolute Gasteiger partial charge is 0.254 e. The molecule has 0 aromatic heterocycles. The molecule has 1 aromatic carbocycles. The Morgan fingerprint density at radius 2 is 2.06 bits per heavy atom. The third-order valence-corrected chi connectivity index (χ3v) is 3.22. The van der Waals surface area contributed by atoms with E-state index in [1.54, 1.807) is 4.90 Å². The molecule has 0 spiro atoms. The van der Waals surface area contributed by atoms with Crippen molar-refractivity contribution in [2.45, 2.75) is 6.42 Å². The maximum Gasteiger partial charge on any atom is 0.254 e. The lowest BCUT2D eigenvalue weighted by Gasteiger charge is -2.17. The van der Waals surface area contributed by atoms with E-state index in [0.717, 1.165) is 26.1 Å². The molecule has 1 fully saturated rings. The second-order valence-electron chi connectivity index (χ2n) is 4.70. The van der Waals surface area contributed by atoms with Crippen LogP contribution < -0.4 is 5.32 Å². The first-order chi connectivity index (χ1) is 8.60. The van der Waals surface area contributed by atoms with Crippen molar-refractivity contribution >= 4 is 5.91 Å². The molecular weight excluding hydrogens is 232 g/mol. The van der Waals surface area contributed by atoms with Crippen LogP contribution in [0.2, 0.25) is 0 Å². The number of nitrogens with one attached hydrogen (secondary N) is 1. The third kappa shape index (κ3) is 2.73. The fraction of sp³-hybridized carbons (Fsp3) is 0.462. The second-order valence-corrected chi connectivity index (χ2v) is 4.70. The lowest BCUT2D eigenvalue weighted by atomic mass is 10.1. The van der Waals surface area contributed by atoms with Crippen LogP contribution in [0.4, 0.5) is 0 Å². The van der Waals surface area contributed by atoms with Gasteiger partial charge in [-0.3, -0.25) is 4.79 Å². The van der Waals surface area contributed by atoms with Gasteiger partial charge in [-0.15, -0.1) is 0 Å². The van der Waals surface area contributed by atoms with Crippen molar-refractivity contribution < 1.29 is 15.0 Å². The van der Waals surface area contributed by atoms with E-state index in [0.29, 0.717) is 11.5 Å². The van der Waals surface area contributed by atoms with Gasteiger partial charge in [0.15, 0.2) is 0 Å². The van der Waals surface area contributed by atoms with E-state index < -0.39 is 0 Å². The van der Waals surface area contributed by atoms with E-state index in [1.165, 1.54) is 18.2 Å². The number of nitrogens with zero attached hydrogens (tertiary/aromatic N) is 1. The third-order valence-electron chi connectivity index (χ3n) is 3.22. The van der Waals surface area contributed by atoms with Gasteiger partial charge >= 0.3 is 0 Å². The summed E-state index contributed by atoms with van der Waals surface area (Å²) in [5.74, 6) is 0.151. The van der Waals surface area contributed by atoms with E-state index in [2.05, 4.69) is 5.32 Å². The van der Waals surface area contributed by atoms with Crippen LogP contribution in [0, 0.1) is 5.92 Å². The summed E-state index contributed by atoms with van der Waals surface area (Å²) in [6.07, 6.45) is 0.984. The van der Waals surface area contributed by atoms with E-state index in [1.807, 2.05) is 7.05 Å². The van der Waals surface area contributed by atoms with Gasteiger partial charge in [0.1, 0.15) is 11.5 Å². The van der Waals surface area contributed by atoms with Crippen LogP contribution in [-0.4, -0.2) is 47.7 Å². The van der Waals surface area contributed by atoms with Crippen molar-refractivity contribution in [3.8, 4) is 11.5 Å². The maximum atomic E-state index is 12.2.